The van der Waals surface area contributed by atoms with E-state index in [1.54, 1.807) is 0 Å². The van der Waals surface area contributed by atoms with Gasteiger partial charge in [-0.2, -0.15) is 0 Å². The smallest absolute Gasteiger partial charge is 0.227 e. The van der Waals surface area contributed by atoms with Gasteiger partial charge in [0.15, 0.2) is 0 Å². The molecule has 104 valence electrons. The van der Waals surface area contributed by atoms with Gasteiger partial charge in [0, 0.05) is 39.3 Å². The van der Waals surface area contributed by atoms with Crippen LogP contribution < -0.4 is 5.73 Å². The number of amides is 1. The van der Waals surface area contributed by atoms with Crippen molar-refractivity contribution in [2.75, 3.05) is 39.3 Å². The number of hydrogen-bond acceptors (Lipinski definition) is 3. The Labute approximate surface area is 115 Å². The molecule has 2 rings (SSSR count). The van der Waals surface area contributed by atoms with Gasteiger partial charge in [0.05, 0.1) is 6.42 Å². The molecule has 1 aliphatic rings. The molecule has 2 N–H and O–H groups in total. The lowest BCUT2D eigenvalue weighted by Crippen LogP contribution is -2.50. The van der Waals surface area contributed by atoms with Crippen LogP contribution in [0.15, 0.2) is 24.3 Å². The second-order valence-corrected chi connectivity index (χ2v) is 5.18. The van der Waals surface area contributed by atoms with Crippen molar-refractivity contribution in [1.29, 1.82) is 0 Å². The Bertz CT molecular complexity index is 425. The molecule has 1 aromatic rings. The molecule has 0 unspecified atom stereocenters. The van der Waals surface area contributed by atoms with E-state index < -0.39 is 0 Å². The number of nitrogens with two attached hydrogens (primary N) is 1. The van der Waals surface area contributed by atoms with Crippen molar-refractivity contribution in [3.63, 3.8) is 0 Å². The van der Waals surface area contributed by atoms with Gasteiger partial charge in [-0.25, -0.2) is 0 Å². The van der Waals surface area contributed by atoms with Crippen LogP contribution in [0.4, 0.5) is 0 Å². The number of rotatable bonds is 4. The molecule has 0 atom stereocenters. The number of hydrogen-bond donors (Lipinski definition) is 1. The molecule has 1 fully saturated rings. The summed E-state index contributed by atoms with van der Waals surface area (Å²) in [6.45, 7) is 7.21. The molecule has 1 saturated heterocycles. The lowest BCUT2D eigenvalue weighted by Gasteiger charge is -2.34. The van der Waals surface area contributed by atoms with Gasteiger partial charge < -0.3 is 10.6 Å². The Morgan fingerprint density at radius 1 is 1.26 bits per heavy atom. The van der Waals surface area contributed by atoms with E-state index >= 15 is 0 Å². The number of piperazine rings is 1. The van der Waals surface area contributed by atoms with Gasteiger partial charge in [-0.05, 0) is 12.5 Å². The Morgan fingerprint density at radius 3 is 2.63 bits per heavy atom. The molecule has 0 bridgehead atoms. The molecule has 0 spiro atoms. The van der Waals surface area contributed by atoms with Crippen LogP contribution in [0.2, 0.25) is 0 Å². The van der Waals surface area contributed by atoms with Crippen molar-refractivity contribution in [2.24, 2.45) is 5.73 Å². The van der Waals surface area contributed by atoms with Crippen LogP contribution in [0.25, 0.3) is 0 Å². The average Bonchev–Trinajstić information content (AvgIpc) is 2.40. The topological polar surface area (TPSA) is 49.6 Å². The summed E-state index contributed by atoms with van der Waals surface area (Å²) in [6, 6.07) is 8.18. The van der Waals surface area contributed by atoms with Gasteiger partial charge in [0.1, 0.15) is 0 Å². The zero-order chi connectivity index (χ0) is 13.7. The Kier molecular flexibility index (Phi) is 4.93. The fourth-order valence-corrected chi connectivity index (χ4v) is 2.51. The third kappa shape index (κ3) is 4.04. The molecule has 0 saturated carbocycles. The predicted octanol–water partition coefficient (Wildman–Crippen LogP) is 0.640. The van der Waals surface area contributed by atoms with Gasteiger partial charge in [0.2, 0.25) is 5.91 Å². The highest BCUT2D eigenvalue weighted by Gasteiger charge is 2.20. The summed E-state index contributed by atoms with van der Waals surface area (Å²) in [5.41, 5.74) is 7.86. The largest absolute Gasteiger partial charge is 0.340 e. The highest BCUT2D eigenvalue weighted by molar-refractivity contribution is 5.78. The Morgan fingerprint density at radius 2 is 2.00 bits per heavy atom. The summed E-state index contributed by atoms with van der Waals surface area (Å²) in [5.74, 6) is 0.234. The Balaban J connectivity index is 1.84. The molecule has 1 heterocycles. The van der Waals surface area contributed by atoms with Crippen LogP contribution in [0.3, 0.4) is 0 Å². The van der Waals surface area contributed by atoms with Crippen molar-refractivity contribution in [2.45, 2.75) is 13.3 Å². The summed E-state index contributed by atoms with van der Waals surface area (Å²) in [5, 5.41) is 0. The van der Waals surface area contributed by atoms with E-state index in [0.29, 0.717) is 13.0 Å². The molecule has 1 aromatic carbocycles. The third-order valence-electron chi connectivity index (χ3n) is 3.61. The predicted molar refractivity (Wildman–Crippen MR) is 77.0 cm³/mol. The van der Waals surface area contributed by atoms with Gasteiger partial charge >= 0.3 is 0 Å². The van der Waals surface area contributed by atoms with E-state index in [1.165, 1.54) is 5.56 Å². The molecule has 1 amide bonds. The molecule has 0 aliphatic carbocycles. The second kappa shape index (κ2) is 6.68. The lowest BCUT2D eigenvalue weighted by atomic mass is 10.1. The zero-order valence-corrected chi connectivity index (χ0v) is 11.6. The van der Waals surface area contributed by atoms with E-state index in [0.717, 1.165) is 38.3 Å². The van der Waals surface area contributed by atoms with Gasteiger partial charge in [-0.15, -0.1) is 0 Å². The molecule has 0 radical (unpaired) electrons. The first kappa shape index (κ1) is 14.0. The quantitative estimate of drug-likeness (QED) is 0.865. The van der Waals surface area contributed by atoms with E-state index in [-0.39, 0.29) is 5.91 Å². The summed E-state index contributed by atoms with van der Waals surface area (Å²) in [6.07, 6.45) is 0.512. The number of nitrogens with zero attached hydrogens (tertiary/aromatic N) is 2. The van der Waals surface area contributed by atoms with Crippen molar-refractivity contribution in [3.8, 4) is 0 Å². The molecule has 0 aromatic heterocycles. The molecule has 19 heavy (non-hydrogen) atoms. The summed E-state index contributed by atoms with van der Waals surface area (Å²) in [7, 11) is 0. The number of carbonyl (C=O) groups is 1. The van der Waals surface area contributed by atoms with Gasteiger partial charge in [-0.1, -0.05) is 29.8 Å². The van der Waals surface area contributed by atoms with Crippen LogP contribution in [0, 0.1) is 6.92 Å². The molecular formula is C15H23N3O. The first-order valence-electron chi connectivity index (χ1n) is 6.95. The third-order valence-corrected chi connectivity index (χ3v) is 3.61. The highest BCUT2D eigenvalue weighted by Crippen LogP contribution is 2.08. The minimum atomic E-state index is 0.234. The van der Waals surface area contributed by atoms with E-state index in [1.807, 2.05) is 17.0 Å². The van der Waals surface area contributed by atoms with Crippen molar-refractivity contribution >= 4 is 5.91 Å². The summed E-state index contributed by atoms with van der Waals surface area (Å²) >= 11 is 0. The molecular weight excluding hydrogens is 238 g/mol. The SMILES string of the molecule is Cc1cccc(CC(=O)N2CCN(CCN)CC2)c1. The van der Waals surface area contributed by atoms with Crippen molar-refractivity contribution in [1.82, 2.24) is 9.80 Å². The van der Waals surface area contributed by atoms with Crippen LogP contribution in [-0.4, -0.2) is 55.0 Å². The average molecular weight is 261 g/mol. The molecule has 4 nitrogen and oxygen atoms in total. The minimum Gasteiger partial charge on any atom is -0.340 e. The zero-order valence-electron chi connectivity index (χ0n) is 11.6. The Hall–Kier alpha value is -1.39. The summed E-state index contributed by atoms with van der Waals surface area (Å²) in [4.78, 5) is 16.5. The van der Waals surface area contributed by atoms with E-state index in [4.69, 9.17) is 5.73 Å². The fourth-order valence-electron chi connectivity index (χ4n) is 2.51. The standard InChI is InChI=1S/C15H23N3O/c1-13-3-2-4-14(11-13)12-15(19)18-9-7-17(6-5-16)8-10-18/h2-4,11H,5-10,12,16H2,1H3. The van der Waals surface area contributed by atoms with Crippen molar-refractivity contribution < 1.29 is 4.79 Å². The maximum atomic E-state index is 12.2. The van der Waals surface area contributed by atoms with Crippen LogP contribution >= 0.6 is 0 Å². The first-order valence-corrected chi connectivity index (χ1v) is 6.95. The number of benzene rings is 1. The maximum Gasteiger partial charge on any atom is 0.227 e. The number of carbonyl (C=O) groups excluding carboxylic acids is 1. The van der Waals surface area contributed by atoms with Gasteiger partial charge in [0.25, 0.3) is 0 Å². The van der Waals surface area contributed by atoms with Crippen LogP contribution in [0.1, 0.15) is 11.1 Å². The molecule has 1 aliphatic heterocycles. The fraction of sp³-hybridized carbons (Fsp3) is 0.533. The van der Waals surface area contributed by atoms with E-state index in [2.05, 4.69) is 24.0 Å². The normalized spacial score (nSPS) is 16.6. The first-order chi connectivity index (χ1) is 9.19. The van der Waals surface area contributed by atoms with E-state index in [9.17, 15) is 4.79 Å². The maximum absolute atomic E-state index is 12.2. The highest BCUT2D eigenvalue weighted by atomic mass is 16.2. The van der Waals surface area contributed by atoms with Crippen LogP contribution in [0.5, 0.6) is 0 Å². The minimum absolute atomic E-state index is 0.234. The van der Waals surface area contributed by atoms with Crippen molar-refractivity contribution in [3.05, 3.63) is 35.4 Å². The van der Waals surface area contributed by atoms with Gasteiger partial charge in [-0.3, -0.25) is 9.69 Å². The van der Waals surface area contributed by atoms with Crippen LogP contribution in [-0.2, 0) is 11.2 Å². The summed E-state index contributed by atoms with van der Waals surface area (Å²) < 4.78 is 0. The lowest BCUT2D eigenvalue weighted by molar-refractivity contribution is -0.132. The molecule has 4 heteroatoms. The second-order valence-electron chi connectivity index (χ2n) is 5.18. The monoisotopic (exact) mass is 261 g/mol. The number of aryl methyl sites for hydroxylation is 1.